The maximum absolute atomic E-state index is 5.41. The van der Waals surface area contributed by atoms with E-state index in [-0.39, 0.29) is 5.41 Å². The first-order chi connectivity index (χ1) is 27.7. The number of aromatic nitrogens is 3. The van der Waals surface area contributed by atoms with Crippen molar-refractivity contribution < 1.29 is 0 Å². The summed E-state index contributed by atoms with van der Waals surface area (Å²) >= 11 is 0. The quantitative estimate of drug-likeness (QED) is 0.178. The molecule has 3 nitrogen and oxygen atoms in total. The molecule has 5 aliphatic rings. The van der Waals surface area contributed by atoms with Crippen LogP contribution in [0.15, 0.2) is 164 Å². The van der Waals surface area contributed by atoms with Gasteiger partial charge in [-0.15, -0.1) is 0 Å². The molecule has 0 aliphatic heterocycles. The van der Waals surface area contributed by atoms with Crippen LogP contribution in [0.5, 0.6) is 0 Å². The summed E-state index contributed by atoms with van der Waals surface area (Å²) < 4.78 is 0. The highest BCUT2D eigenvalue weighted by Gasteiger charge is 2.62. The zero-order valence-electron chi connectivity index (χ0n) is 31.3. The van der Waals surface area contributed by atoms with E-state index in [1.54, 1.807) is 5.56 Å². The average molecular weight is 720 g/mol. The van der Waals surface area contributed by atoms with E-state index in [9.17, 15) is 0 Å². The van der Waals surface area contributed by atoms with Crippen LogP contribution in [0.25, 0.3) is 78.3 Å². The molecule has 0 radical (unpaired) electrons. The van der Waals surface area contributed by atoms with Gasteiger partial charge in [-0.05, 0) is 117 Å². The van der Waals surface area contributed by atoms with Crippen LogP contribution in [0.2, 0.25) is 0 Å². The molecule has 0 saturated heterocycles. The molecule has 1 heterocycles. The summed E-state index contributed by atoms with van der Waals surface area (Å²) in [5.41, 5.74) is 13.6. The zero-order chi connectivity index (χ0) is 36.8. The van der Waals surface area contributed by atoms with Crippen molar-refractivity contribution in [2.45, 2.75) is 37.5 Å². The van der Waals surface area contributed by atoms with Gasteiger partial charge < -0.3 is 0 Å². The van der Waals surface area contributed by atoms with E-state index in [1.807, 2.05) is 0 Å². The molecular formula is C53H41N3. The first kappa shape index (κ1) is 32.1. The Labute approximate surface area is 328 Å². The van der Waals surface area contributed by atoms with E-state index >= 15 is 0 Å². The van der Waals surface area contributed by atoms with Gasteiger partial charge in [-0.3, -0.25) is 0 Å². The van der Waals surface area contributed by atoms with Crippen LogP contribution in [-0.4, -0.2) is 15.0 Å². The molecule has 1 spiro atoms. The Morgan fingerprint density at radius 3 is 1.68 bits per heavy atom. The summed E-state index contributed by atoms with van der Waals surface area (Å²) in [6, 6.07) is 59.4. The summed E-state index contributed by atoms with van der Waals surface area (Å²) in [5.74, 6) is 5.19. The van der Waals surface area contributed by atoms with Gasteiger partial charge in [0.05, 0.1) is 0 Å². The molecule has 4 saturated carbocycles. The number of rotatable bonds is 5. The first-order valence-electron chi connectivity index (χ1n) is 20.4. The lowest BCUT2D eigenvalue weighted by molar-refractivity contribution is -0.0393. The van der Waals surface area contributed by atoms with E-state index in [0.29, 0.717) is 23.5 Å². The molecular weight excluding hydrogens is 679 g/mol. The van der Waals surface area contributed by atoms with E-state index < -0.39 is 0 Å². The normalized spacial score (nSPS) is 22.7. The van der Waals surface area contributed by atoms with Crippen LogP contribution >= 0.6 is 0 Å². The second-order valence-electron chi connectivity index (χ2n) is 16.8. The Bertz CT molecular complexity index is 2780. The molecule has 5 aliphatic carbocycles. The Morgan fingerprint density at radius 2 is 0.946 bits per heavy atom. The monoisotopic (exact) mass is 719 g/mol. The second kappa shape index (κ2) is 12.4. The van der Waals surface area contributed by atoms with Crippen LogP contribution in [-0.2, 0) is 5.41 Å². The van der Waals surface area contributed by atoms with Crippen LogP contribution in [0, 0.1) is 23.7 Å². The van der Waals surface area contributed by atoms with Gasteiger partial charge in [0.15, 0.2) is 17.5 Å². The Morgan fingerprint density at radius 1 is 0.393 bits per heavy atom. The minimum atomic E-state index is 0.0188. The predicted octanol–water partition coefficient (Wildman–Crippen LogP) is 13.1. The predicted molar refractivity (Wildman–Crippen MR) is 228 cm³/mol. The maximum atomic E-state index is 5.41. The Hall–Kier alpha value is -6.19. The molecule has 7 aromatic carbocycles. The largest absolute Gasteiger partial charge is 0.208 e. The highest BCUT2D eigenvalue weighted by molar-refractivity contribution is 6.01. The smallest absolute Gasteiger partial charge is 0.164 e. The zero-order valence-corrected chi connectivity index (χ0v) is 31.3. The van der Waals surface area contributed by atoms with Crippen molar-refractivity contribution in [2.24, 2.45) is 23.7 Å². The number of benzene rings is 7. The van der Waals surface area contributed by atoms with Crippen molar-refractivity contribution in [3.8, 4) is 67.5 Å². The lowest BCUT2D eigenvalue weighted by Crippen LogP contribution is -2.55. The molecule has 0 N–H and O–H groups in total. The summed E-state index contributed by atoms with van der Waals surface area (Å²) in [7, 11) is 0. The molecule has 0 unspecified atom stereocenters. The average Bonchev–Trinajstić information content (AvgIpc) is 3.57. The van der Waals surface area contributed by atoms with Crippen molar-refractivity contribution >= 4 is 10.8 Å². The molecule has 56 heavy (non-hydrogen) atoms. The first-order valence-corrected chi connectivity index (χ1v) is 20.4. The topological polar surface area (TPSA) is 38.7 Å². The summed E-state index contributed by atoms with van der Waals surface area (Å²) in [4.78, 5) is 16.0. The van der Waals surface area contributed by atoms with Gasteiger partial charge in [-0.25, -0.2) is 15.0 Å². The van der Waals surface area contributed by atoms with Crippen LogP contribution in [0.4, 0.5) is 0 Å². The van der Waals surface area contributed by atoms with Crippen LogP contribution in [0.1, 0.15) is 43.2 Å². The van der Waals surface area contributed by atoms with Crippen LogP contribution < -0.4 is 0 Å². The number of hydrogen-bond acceptors (Lipinski definition) is 3. The van der Waals surface area contributed by atoms with Gasteiger partial charge in [-0.2, -0.15) is 0 Å². The third-order valence-corrected chi connectivity index (χ3v) is 13.9. The molecule has 0 atom stereocenters. The minimum absolute atomic E-state index is 0.0188. The fourth-order valence-corrected chi connectivity index (χ4v) is 11.9. The van der Waals surface area contributed by atoms with Crippen LogP contribution in [0.3, 0.4) is 0 Å². The molecule has 268 valence electrons. The lowest BCUT2D eigenvalue weighted by atomic mass is 9.43. The second-order valence-corrected chi connectivity index (χ2v) is 16.8. The van der Waals surface area contributed by atoms with E-state index in [1.165, 1.54) is 76.3 Å². The number of fused-ring (bicyclic) bond motifs is 5. The van der Waals surface area contributed by atoms with E-state index in [4.69, 9.17) is 15.0 Å². The fourth-order valence-electron chi connectivity index (χ4n) is 11.9. The number of hydrogen-bond donors (Lipinski definition) is 0. The summed E-state index contributed by atoms with van der Waals surface area (Å²) in [5, 5.41) is 2.77. The molecule has 3 heteroatoms. The molecule has 4 bridgehead atoms. The SMILES string of the molecule is c1ccc(-c2ccc(-c3nc(-c4cccc(-c5ccccc5)c4)nc(-c4cccc5c4-c4ccc6ccccc6c4C54C5CC6CC(C5)CC4C6)n3)cc2)cc1. The fraction of sp³-hybridized carbons (Fsp3) is 0.189. The van der Waals surface area contributed by atoms with Gasteiger partial charge >= 0.3 is 0 Å². The molecule has 4 fully saturated rings. The van der Waals surface area contributed by atoms with Crippen molar-refractivity contribution in [3.05, 3.63) is 175 Å². The van der Waals surface area contributed by atoms with E-state index in [2.05, 4.69) is 164 Å². The molecule has 1 aromatic heterocycles. The highest BCUT2D eigenvalue weighted by atomic mass is 15.0. The number of nitrogens with zero attached hydrogens (tertiary/aromatic N) is 3. The van der Waals surface area contributed by atoms with Gasteiger partial charge in [0.1, 0.15) is 0 Å². The van der Waals surface area contributed by atoms with Crippen molar-refractivity contribution in [2.75, 3.05) is 0 Å². The summed E-state index contributed by atoms with van der Waals surface area (Å²) in [6.45, 7) is 0. The minimum Gasteiger partial charge on any atom is -0.208 e. The van der Waals surface area contributed by atoms with Crippen molar-refractivity contribution in [1.29, 1.82) is 0 Å². The molecule has 0 amide bonds. The van der Waals surface area contributed by atoms with Crippen molar-refractivity contribution in [3.63, 3.8) is 0 Å². The van der Waals surface area contributed by atoms with Gasteiger partial charge in [0, 0.05) is 22.1 Å². The lowest BCUT2D eigenvalue weighted by Gasteiger charge is -2.61. The van der Waals surface area contributed by atoms with E-state index in [0.717, 1.165) is 39.9 Å². The Kier molecular flexibility index (Phi) is 7.11. The maximum Gasteiger partial charge on any atom is 0.164 e. The summed E-state index contributed by atoms with van der Waals surface area (Å²) in [6.07, 6.45) is 6.81. The van der Waals surface area contributed by atoms with Gasteiger partial charge in [-0.1, -0.05) is 158 Å². The van der Waals surface area contributed by atoms with Crippen molar-refractivity contribution in [1.82, 2.24) is 15.0 Å². The molecule has 8 aromatic rings. The third-order valence-electron chi connectivity index (χ3n) is 13.9. The third kappa shape index (κ3) is 4.79. The standard InChI is InChI=1S/C53H41N3/c1-3-11-35(12-4-1)37-21-23-39(24-22-37)50-54-51(41-17-9-16-40(32-41)36-13-5-2-6-14-36)56-52(55-50)46-19-10-20-47-48(46)45-26-25-38-15-7-8-18-44(38)49(45)53(47)42-28-33-27-34(30-42)31-43(53)29-33/h1-26,32-34,42-43H,27-31H2. The van der Waals surface area contributed by atoms with Gasteiger partial charge in [0.2, 0.25) is 0 Å². The Balaban J connectivity index is 1.08. The highest BCUT2D eigenvalue weighted by Crippen LogP contribution is 2.70. The van der Waals surface area contributed by atoms with Gasteiger partial charge in [0.25, 0.3) is 0 Å². The molecule has 13 rings (SSSR count).